The van der Waals surface area contributed by atoms with Gasteiger partial charge in [-0.25, -0.2) is 4.68 Å². The third kappa shape index (κ3) is 4.52. The zero-order valence-electron chi connectivity index (χ0n) is 17.8. The van der Waals surface area contributed by atoms with E-state index in [0.717, 1.165) is 22.7 Å². The van der Waals surface area contributed by atoms with E-state index in [0.29, 0.717) is 17.0 Å². The highest BCUT2D eigenvalue weighted by Crippen LogP contribution is 2.28. The van der Waals surface area contributed by atoms with Gasteiger partial charge in [0.1, 0.15) is 11.5 Å². The molecule has 0 saturated heterocycles. The summed E-state index contributed by atoms with van der Waals surface area (Å²) in [4.78, 5) is 13.2. The van der Waals surface area contributed by atoms with Crippen LogP contribution in [0.5, 0.6) is 11.5 Å². The number of ether oxygens (including phenoxy) is 1. The average Bonchev–Trinajstić information content (AvgIpc) is 3.32. The second-order valence-electron chi connectivity index (χ2n) is 7.41. The van der Waals surface area contributed by atoms with Gasteiger partial charge in [-0.15, -0.1) is 0 Å². The van der Waals surface area contributed by atoms with Gasteiger partial charge in [-0.2, -0.15) is 5.10 Å². The van der Waals surface area contributed by atoms with Crippen LogP contribution < -0.4 is 10.1 Å². The summed E-state index contributed by atoms with van der Waals surface area (Å²) in [5.74, 6) is 1.23. The molecule has 5 aromatic rings. The van der Waals surface area contributed by atoms with E-state index in [-0.39, 0.29) is 5.91 Å². The zero-order valence-corrected chi connectivity index (χ0v) is 17.8. The van der Waals surface area contributed by atoms with Crippen LogP contribution in [-0.2, 0) is 0 Å². The number of hydrogen-bond acceptors (Lipinski definition) is 3. The molecule has 0 aliphatic heterocycles. The lowest BCUT2D eigenvalue weighted by atomic mass is 10.1. The highest BCUT2D eigenvalue weighted by molar-refractivity contribution is 6.08. The second-order valence-corrected chi connectivity index (χ2v) is 7.41. The van der Waals surface area contributed by atoms with E-state index in [9.17, 15) is 4.79 Å². The Kier molecular flexibility index (Phi) is 5.68. The van der Waals surface area contributed by atoms with Crippen molar-refractivity contribution in [2.75, 3.05) is 5.32 Å². The summed E-state index contributed by atoms with van der Waals surface area (Å²) < 4.78 is 7.62. The van der Waals surface area contributed by atoms with Crippen molar-refractivity contribution in [1.29, 1.82) is 0 Å². The highest BCUT2D eigenvalue weighted by Gasteiger charge is 2.20. The highest BCUT2D eigenvalue weighted by atomic mass is 16.5. The SMILES string of the molecule is O=C(Nc1ccc(Oc2ccccc2)cc1)c1cnn(-c2ccccc2)c1-c1ccccc1. The van der Waals surface area contributed by atoms with Crippen LogP contribution in [0.25, 0.3) is 16.9 Å². The first-order valence-electron chi connectivity index (χ1n) is 10.6. The summed E-state index contributed by atoms with van der Waals surface area (Å²) in [5.41, 5.74) is 3.71. The van der Waals surface area contributed by atoms with E-state index in [1.54, 1.807) is 10.9 Å². The van der Waals surface area contributed by atoms with Gasteiger partial charge < -0.3 is 10.1 Å². The van der Waals surface area contributed by atoms with Gasteiger partial charge >= 0.3 is 0 Å². The van der Waals surface area contributed by atoms with Crippen LogP contribution in [0.3, 0.4) is 0 Å². The molecule has 0 bridgehead atoms. The van der Waals surface area contributed by atoms with Gasteiger partial charge in [-0.3, -0.25) is 4.79 Å². The molecule has 1 amide bonds. The Morgan fingerprint density at radius 3 is 1.94 bits per heavy atom. The van der Waals surface area contributed by atoms with E-state index in [4.69, 9.17) is 4.74 Å². The van der Waals surface area contributed by atoms with Crippen molar-refractivity contribution in [3.63, 3.8) is 0 Å². The van der Waals surface area contributed by atoms with Gasteiger partial charge in [-0.05, 0) is 48.5 Å². The molecule has 0 atom stereocenters. The molecule has 5 heteroatoms. The molecule has 5 rings (SSSR count). The third-order valence-electron chi connectivity index (χ3n) is 5.15. The molecule has 160 valence electrons. The van der Waals surface area contributed by atoms with Crippen LogP contribution >= 0.6 is 0 Å². The molecule has 33 heavy (non-hydrogen) atoms. The van der Waals surface area contributed by atoms with Crippen LogP contribution in [0.2, 0.25) is 0 Å². The van der Waals surface area contributed by atoms with Gasteiger partial charge in [0.05, 0.1) is 23.1 Å². The number of para-hydroxylation sites is 2. The number of rotatable bonds is 6. The quantitative estimate of drug-likeness (QED) is 0.330. The first kappa shape index (κ1) is 20.3. The van der Waals surface area contributed by atoms with Crippen LogP contribution in [0.1, 0.15) is 10.4 Å². The Morgan fingerprint density at radius 2 is 1.27 bits per heavy atom. The summed E-state index contributed by atoms with van der Waals surface area (Å²) in [7, 11) is 0. The predicted octanol–water partition coefficient (Wildman–Crippen LogP) is 6.58. The third-order valence-corrected chi connectivity index (χ3v) is 5.15. The molecule has 0 fully saturated rings. The molecule has 0 unspecified atom stereocenters. The topological polar surface area (TPSA) is 56.1 Å². The van der Waals surface area contributed by atoms with E-state index >= 15 is 0 Å². The van der Waals surface area contributed by atoms with E-state index in [1.165, 1.54) is 0 Å². The van der Waals surface area contributed by atoms with E-state index in [2.05, 4.69) is 10.4 Å². The average molecular weight is 431 g/mol. The fourth-order valence-electron chi connectivity index (χ4n) is 3.58. The first-order valence-corrected chi connectivity index (χ1v) is 10.6. The minimum Gasteiger partial charge on any atom is -0.457 e. The van der Waals surface area contributed by atoms with Crippen LogP contribution in [-0.4, -0.2) is 15.7 Å². The van der Waals surface area contributed by atoms with Crippen LogP contribution in [0.4, 0.5) is 5.69 Å². The van der Waals surface area contributed by atoms with Gasteiger partial charge in [0.15, 0.2) is 0 Å². The maximum Gasteiger partial charge on any atom is 0.259 e. The molecule has 0 aliphatic rings. The number of aromatic nitrogens is 2. The van der Waals surface area contributed by atoms with Crippen molar-refractivity contribution in [1.82, 2.24) is 9.78 Å². The molecule has 1 aromatic heterocycles. The number of amides is 1. The monoisotopic (exact) mass is 431 g/mol. The maximum atomic E-state index is 13.2. The summed E-state index contributed by atoms with van der Waals surface area (Å²) in [6.07, 6.45) is 1.61. The van der Waals surface area contributed by atoms with Crippen molar-refractivity contribution in [3.05, 3.63) is 127 Å². The molecule has 0 radical (unpaired) electrons. The van der Waals surface area contributed by atoms with E-state index in [1.807, 2.05) is 115 Å². The van der Waals surface area contributed by atoms with Crippen molar-refractivity contribution in [2.45, 2.75) is 0 Å². The van der Waals surface area contributed by atoms with Crippen LogP contribution in [0.15, 0.2) is 121 Å². The Labute approximate surface area is 191 Å². The Bertz CT molecular complexity index is 1350. The molecular weight excluding hydrogens is 410 g/mol. The maximum absolute atomic E-state index is 13.2. The Hall–Kier alpha value is -4.64. The molecule has 1 heterocycles. The number of benzene rings is 4. The largest absolute Gasteiger partial charge is 0.457 e. The summed E-state index contributed by atoms with van der Waals surface area (Å²) in [6.45, 7) is 0. The summed E-state index contributed by atoms with van der Waals surface area (Å²) in [5, 5.41) is 7.50. The zero-order chi connectivity index (χ0) is 22.5. The number of nitrogens with zero attached hydrogens (tertiary/aromatic N) is 2. The number of nitrogens with one attached hydrogen (secondary N) is 1. The first-order chi connectivity index (χ1) is 16.3. The number of carbonyl (C=O) groups is 1. The lowest BCUT2D eigenvalue weighted by Crippen LogP contribution is -2.13. The Balaban J connectivity index is 1.41. The minimum atomic E-state index is -0.229. The predicted molar refractivity (Wildman–Crippen MR) is 130 cm³/mol. The fraction of sp³-hybridized carbons (Fsp3) is 0. The molecule has 0 spiro atoms. The lowest BCUT2D eigenvalue weighted by molar-refractivity contribution is 0.102. The van der Waals surface area contributed by atoms with Gasteiger partial charge in [0, 0.05) is 11.3 Å². The van der Waals surface area contributed by atoms with Crippen molar-refractivity contribution in [2.24, 2.45) is 0 Å². The van der Waals surface area contributed by atoms with Crippen LogP contribution in [0, 0.1) is 0 Å². The smallest absolute Gasteiger partial charge is 0.259 e. The minimum absolute atomic E-state index is 0.229. The van der Waals surface area contributed by atoms with Gasteiger partial charge in [0.25, 0.3) is 5.91 Å². The van der Waals surface area contributed by atoms with Crippen molar-refractivity contribution < 1.29 is 9.53 Å². The molecule has 0 aliphatic carbocycles. The summed E-state index contributed by atoms with van der Waals surface area (Å²) >= 11 is 0. The number of carbonyl (C=O) groups excluding carboxylic acids is 1. The molecular formula is C28H21N3O2. The van der Waals surface area contributed by atoms with Gasteiger partial charge in [0.2, 0.25) is 0 Å². The number of hydrogen-bond donors (Lipinski definition) is 1. The van der Waals surface area contributed by atoms with E-state index < -0.39 is 0 Å². The number of anilines is 1. The van der Waals surface area contributed by atoms with Gasteiger partial charge in [-0.1, -0.05) is 66.7 Å². The summed E-state index contributed by atoms with van der Waals surface area (Å²) in [6, 6.07) is 36.4. The standard InChI is InChI=1S/C28H21N3O2/c32-28(30-22-16-18-25(19-17-22)33-24-14-8-3-9-15-24)26-20-29-31(23-12-6-2-7-13-23)27(26)21-10-4-1-5-11-21/h1-20H,(H,30,32). The molecule has 4 aromatic carbocycles. The second kappa shape index (κ2) is 9.24. The van der Waals surface area contributed by atoms with Crippen molar-refractivity contribution in [3.8, 4) is 28.4 Å². The Morgan fingerprint density at radius 1 is 0.697 bits per heavy atom. The normalized spacial score (nSPS) is 10.5. The lowest BCUT2D eigenvalue weighted by Gasteiger charge is -2.11. The molecule has 1 N–H and O–H groups in total. The van der Waals surface area contributed by atoms with Crippen molar-refractivity contribution >= 4 is 11.6 Å². The molecule has 0 saturated carbocycles. The fourth-order valence-corrected chi connectivity index (χ4v) is 3.58. The molecule has 5 nitrogen and oxygen atoms in total.